The Morgan fingerprint density at radius 3 is 2.33 bits per heavy atom. The molecular weight excluding hydrogens is 260 g/mol. The van der Waals surface area contributed by atoms with E-state index in [0.717, 1.165) is 25.0 Å². The second-order valence-electron chi connectivity index (χ2n) is 8.58. The molecule has 0 bridgehead atoms. The van der Waals surface area contributed by atoms with Crippen LogP contribution in [0, 0.1) is 23.2 Å². The van der Waals surface area contributed by atoms with Crippen LogP contribution in [0.1, 0.15) is 52.9 Å². The van der Waals surface area contributed by atoms with Crippen molar-refractivity contribution in [3.63, 3.8) is 0 Å². The molecule has 0 amide bonds. The van der Waals surface area contributed by atoms with E-state index < -0.39 is 0 Å². The Morgan fingerprint density at radius 2 is 1.71 bits per heavy atom. The molecule has 124 valence electrons. The minimum absolute atomic E-state index is 0.403. The Hall–Kier alpha value is -0.120. The minimum Gasteiger partial charge on any atom is -0.381 e. The number of rotatable bonds is 4. The summed E-state index contributed by atoms with van der Waals surface area (Å²) in [7, 11) is 2.28. The fourth-order valence-electron chi connectivity index (χ4n) is 4.13. The molecule has 2 fully saturated rings. The summed E-state index contributed by atoms with van der Waals surface area (Å²) in [5.41, 5.74) is 6.85. The molecule has 1 heterocycles. The molecule has 1 aliphatic carbocycles. The first-order chi connectivity index (χ1) is 9.86. The van der Waals surface area contributed by atoms with E-state index in [9.17, 15) is 0 Å². The van der Waals surface area contributed by atoms with Gasteiger partial charge in [0, 0.05) is 32.3 Å². The second kappa shape index (κ2) is 7.43. The topological polar surface area (TPSA) is 38.5 Å². The van der Waals surface area contributed by atoms with E-state index in [1.165, 1.54) is 45.2 Å². The van der Waals surface area contributed by atoms with Crippen LogP contribution in [0.4, 0.5) is 0 Å². The molecule has 0 aromatic heterocycles. The first-order valence-electron chi connectivity index (χ1n) is 8.88. The highest BCUT2D eigenvalue weighted by molar-refractivity contribution is 4.88. The Balaban J connectivity index is 1.81. The molecule has 0 aromatic rings. The van der Waals surface area contributed by atoms with Crippen molar-refractivity contribution >= 4 is 0 Å². The SMILES string of the molecule is CN(CC1CCOCC1)CC1CC(C(C)(C)C)CCC1N. The molecule has 2 rings (SSSR count). The third-order valence-electron chi connectivity index (χ3n) is 5.72. The van der Waals surface area contributed by atoms with E-state index in [0.29, 0.717) is 17.4 Å². The maximum absolute atomic E-state index is 6.42. The molecule has 2 N–H and O–H groups in total. The van der Waals surface area contributed by atoms with Crippen molar-refractivity contribution in [2.24, 2.45) is 28.9 Å². The van der Waals surface area contributed by atoms with Gasteiger partial charge in [0.05, 0.1) is 0 Å². The summed E-state index contributed by atoms with van der Waals surface area (Å²) < 4.78 is 5.46. The zero-order valence-corrected chi connectivity index (χ0v) is 14.6. The molecule has 0 radical (unpaired) electrons. The molecule has 1 aliphatic heterocycles. The van der Waals surface area contributed by atoms with Gasteiger partial charge in [0.2, 0.25) is 0 Å². The summed E-state index contributed by atoms with van der Waals surface area (Å²) in [6.45, 7) is 11.4. The van der Waals surface area contributed by atoms with Crippen molar-refractivity contribution in [1.29, 1.82) is 0 Å². The van der Waals surface area contributed by atoms with Crippen molar-refractivity contribution in [1.82, 2.24) is 4.90 Å². The van der Waals surface area contributed by atoms with Crippen LogP contribution in [0.25, 0.3) is 0 Å². The lowest BCUT2D eigenvalue weighted by Gasteiger charge is -2.42. The number of hydrogen-bond donors (Lipinski definition) is 1. The van der Waals surface area contributed by atoms with Crippen molar-refractivity contribution in [2.75, 3.05) is 33.4 Å². The first kappa shape index (κ1) is 17.2. The smallest absolute Gasteiger partial charge is 0.0469 e. The highest BCUT2D eigenvalue weighted by Crippen LogP contribution is 2.40. The van der Waals surface area contributed by atoms with Crippen LogP contribution in [-0.2, 0) is 4.74 Å². The van der Waals surface area contributed by atoms with E-state index >= 15 is 0 Å². The summed E-state index contributed by atoms with van der Waals surface area (Å²) in [4.78, 5) is 2.53. The van der Waals surface area contributed by atoms with Gasteiger partial charge in [-0.05, 0) is 62.3 Å². The highest BCUT2D eigenvalue weighted by Gasteiger charge is 2.34. The van der Waals surface area contributed by atoms with Gasteiger partial charge in [-0.25, -0.2) is 0 Å². The van der Waals surface area contributed by atoms with Crippen LogP contribution in [0.5, 0.6) is 0 Å². The van der Waals surface area contributed by atoms with Crippen LogP contribution >= 0.6 is 0 Å². The monoisotopic (exact) mass is 296 g/mol. The quantitative estimate of drug-likeness (QED) is 0.866. The summed E-state index contributed by atoms with van der Waals surface area (Å²) >= 11 is 0. The lowest BCUT2D eigenvalue weighted by atomic mass is 9.67. The van der Waals surface area contributed by atoms with Gasteiger partial charge >= 0.3 is 0 Å². The average Bonchev–Trinajstić information content (AvgIpc) is 2.41. The Kier molecular flexibility index (Phi) is 6.10. The van der Waals surface area contributed by atoms with Crippen molar-refractivity contribution < 1.29 is 4.74 Å². The third kappa shape index (κ3) is 5.22. The van der Waals surface area contributed by atoms with Crippen molar-refractivity contribution in [3.8, 4) is 0 Å². The Bertz CT molecular complexity index is 307. The molecular formula is C18H36N2O. The number of nitrogens with zero attached hydrogens (tertiary/aromatic N) is 1. The lowest BCUT2D eigenvalue weighted by Crippen LogP contribution is -2.45. The van der Waals surface area contributed by atoms with Gasteiger partial charge in [-0.3, -0.25) is 0 Å². The van der Waals surface area contributed by atoms with E-state index in [-0.39, 0.29) is 0 Å². The second-order valence-corrected chi connectivity index (χ2v) is 8.58. The highest BCUT2D eigenvalue weighted by atomic mass is 16.5. The molecule has 3 atom stereocenters. The molecule has 1 saturated heterocycles. The van der Waals surface area contributed by atoms with Crippen LogP contribution in [0.2, 0.25) is 0 Å². The van der Waals surface area contributed by atoms with Gasteiger partial charge in [0.15, 0.2) is 0 Å². The van der Waals surface area contributed by atoms with Gasteiger partial charge in [-0.1, -0.05) is 20.8 Å². The molecule has 3 heteroatoms. The lowest BCUT2D eigenvalue weighted by molar-refractivity contribution is 0.0487. The zero-order chi connectivity index (χ0) is 15.5. The third-order valence-corrected chi connectivity index (χ3v) is 5.72. The predicted molar refractivity (Wildman–Crippen MR) is 89.3 cm³/mol. The molecule has 3 nitrogen and oxygen atoms in total. The van der Waals surface area contributed by atoms with Gasteiger partial charge in [-0.2, -0.15) is 0 Å². The minimum atomic E-state index is 0.403. The maximum atomic E-state index is 6.42. The molecule has 2 aliphatic rings. The Labute approximate surface area is 131 Å². The summed E-state index contributed by atoms with van der Waals surface area (Å²) in [6.07, 6.45) is 6.28. The number of hydrogen-bond acceptors (Lipinski definition) is 3. The van der Waals surface area contributed by atoms with Gasteiger partial charge < -0.3 is 15.4 Å². The largest absolute Gasteiger partial charge is 0.381 e. The maximum Gasteiger partial charge on any atom is 0.0469 e. The summed E-state index contributed by atoms with van der Waals surface area (Å²) in [6, 6.07) is 0.403. The van der Waals surface area contributed by atoms with Crippen molar-refractivity contribution in [3.05, 3.63) is 0 Å². The molecule has 0 spiro atoms. The van der Waals surface area contributed by atoms with Crippen LogP contribution < -0.4 is 5.73 Å². The van der Waals surface area contributed by atoms with E-state index in [2.05, 4.69) is 32.7 Å². The molecule has 0 aromatic carbocycles. The zero-order valence-electron chi connectivity index (χ0n) is 14.6. The summed E-state index contributed by atoms with van der Waals surface area (Å²) in [5, 5.41) is 0. The van der Waals surface area contributed by atoms with Gasteiger partial charge in [0.25, 0.3) is 0 Å². The fraction of sp³-hybridized carbons (Fsp3) is 1.00. The van der Waals surface area contributed by atoms with Crippen LogP contribution in [-0.4, -0.2) is 44.3 Å². The predicted octanol–water partition coefficient (Wildman–Crippen LogP) is 3.13. The van der Waals surface area contributed by atoms with Crippen LogP contribution in [0.15, 0.2) is 0 Å². The summed E-state index contributed by atoms with van der Waals surface area (Å²) in [5.74, 6) is 2.33. The average molecular weight is 296 g/mol. The van der Waals surface area contributed by atoms with Gasteiger partial charge in [0.1, 0.15) is 0 Å². The molecule has 3 unspecified atom stereocenters. The van der Waals surface area contributed by atoms with Gasteiger partial charge in [-0.15, -0.1) is 0 Å². The molecule has 21 heavy (non-hydrogen) atoms. The van der Waals surface area contributed by atoms with Crippen LogP contribution in [0.3, 0.4) is 0 Å². The standard InChI is InChI=1S/C18H36N2O/c1-18(2,3)16-5-6-17(19)15(11-16)13-20(4)12-14-7-9-21-10-8-14/h14-17H,5-13,19H2,1-4H3. The number of ether oxygens (including phenoxy) is 1. The Morgan fingerprint density at radius 1 is 1.05 bits per heavy atom. The van der Waals surface area contributed by atoms with E-state index in [4.69, 9.17) is 10.5 Å². The van der Waals surface area contributed by atoms with E-state index in [1.54, 1.807) is 0 Å². The number of nitrogens with two attached hydrogens (primary N) is 1. The van der Waals surface area contributed by atoms with Crippen molar-refractivity contribution in [2.45, 2.75) is 58.9 Å². The molecule has 1 saturated carbocycles. The normalized spacial score (nSPS) is 32.6. The van der Waals surface area contributed by atoms with E-state index in [1.807, 2.05) is 0 Å². The first-order valence-corrected chi connectivity index (χ1v) is 8.88. The fourth-order valence-corrected chi connectivity index (χ4v) is 4.13.